The fourth-order valence-electron chi connectivity index (χ4n) is 4.62. The Morgan fingerprint density at radius 3 is 2.85 bits per heavy atom. The molecule has 1 spiro atoms. The number of halogens is 1. The molecule has 0 radical (unpaired) electrons. The molecule has 1 fully saturated rings. The van der Waals surface area contributed by atoms with Gasteiger partial charge in [-0.3, -0.25) is 0 Å². The van der Waals surface area contributed by atoms with Gasteiger partial charge in [-0.15, -0.1) is 0 Å². The summed E-state index contributed by atoms with van der Waals surface area (Å²) in [6.45, 7) is 5.50. The van der Waals surface area contributed by atoms with Gasteiger partial charge >= 0.3 is 0 Å². The number of hydrogen-bond acceptors (Lipinski definition) is 5. The zero-order chi connectivity index (χ0) is 18.4. The summed E-state index contributed by atoms with van der Waals surface area (Å²) in [4.78, 5) is 2.54. The Kier molecular flexibility index (Phi) is 4.28. The van der Waals surface area contributed by atoms with Crippen molar-refractivity contribution in [2.24, 2.45) is 5.10 Å². The van der Waals surface area contributed by atoms with Crippen molar-refractivity contribution >= 4 is 21.6 Å². The van der Waals surface area contributed by atoms with Crippen molar-refractivity contribution in [3.05, 3.63) is 52.4 Å². The van der Waals surface area contributed by atoms with E-state index < -0.39 is 0 Å². The van der Waals surface area contributed by atoms with E-state index in [9.17, 15) is 0 Å². The van der Waals surface area contributed by atoms with Crippen LogP contribution < -0.4 is 4.74 Å². The van der Waals surface area contributed by atoms with Gasteiger partial charge in [-0.1, -0.05) is 22.9 Å². The highest BCUT2D eigenvalue weighted by molar-refractivity contribution is 9.10. The molecule has 1 aromatic heterocycles. The Hall–Kier alpha value is -1.79. The summed E-state index contributed by atoms with van der Waals surface area (Å²) in [5.41, 5.74) is 1.86. The van der Waals surface area contributed by atoms with Crippen molar-refractivity contribution in [1.82, 2.24) is 9.91 Å². The van der Waals surface area contributed by atoms with E-state index in [2.05, 4.69) is 51.0 Å². The van der Waals surface area contributed by atoms with Crippen LogP contribution in [0.15, 0.2) is 50.6 Å². The number of piperidine rings is 1. The molecule has 1 unspecified atom stereocenters. The van der Waals surface area contributed by atoms with Gasteiger partial charge < -0.3 is 14.1 Å². The fourth-order valence-corrected chi connectivity index (χ4v) is 5.00. The van der Waals surface area contributed by atoms with Crippen LogP contribution in [0.1, 0.15) is 50.0 Å². The first kappa shape index (κ1) is 17.3. The van der Waals surface area contributed by atoms with E-state index in [-0.39, 0.29) is 11.8 Å². The van der Waals surface area contributed by atoms with Crippen LogP contribution in [0.25, 0.3) is 0 Å². The largest absolute Gasteiger partial charge is 0.466 e. The molecule has 0 bridgehead atoms. The normalized spacial score (nSPS) is 23.7. The highest BCUT2D eigenvalue weighted by Crippen LogP contribution is 2.50. The van der Waals surface area contributed by atoms with Gasteiger partial charge in [0.25, 0.3) is 0 Å². The first-order chi connectivity index (χ1) is 13.2. The van der Waals surface area contributed by atoms with Gasteiger partial charge in [0, 0.05) is 42.4 Å². The molecule has 3 aliphatic heterocycles. The summed E-state index contributed by atoms with van der Waals surface area (Å²) in [7, 11) is 0. The minimum atomic E-state index is -0.357. The van der Waals surface area contributed by atoms with Crippen LogP contribution >= 0.6 is 15.9 Å². The molecule has 4 heterocycles. The summed E-state index contributed by atoms with van der Waals surface area (Å²) in [5, 5.41) is 7.27. The lowest BCUT2D eigenvalue weighted by Gasteiger charge is -2.51. The molecular weight excluding hydrogens is 406 g/mol. The van der Waals surface area contributed by atoms with Crippen LogP contribution in [0.2, 0.25) is 0 Å². The Balaban J connectivity index is 1.53. The lowest BCUT2D eigenvalue weighted by atomic mass is 9.91. The standard InChI is InChI=1S/C21H24BrN3O2/c1-2-9-24-10-7-21(8-11-24)25-18(14-17(23-25)20-4-3-12-26-20)16-13-15(22)5-6-19(16)27-21/h3-6,12-13,18H,2,7-11,14H2,1H3. The average molecular weight is 430 g/mol. The van der Waals surface area contributed by atoms with E-state index >= 15 is 0 Å². The van der Waals surface area contributed by atoms with Crippen molar-refractivity contribution < 1.29 is 9.15 Å². The second-order valence-corrected chi connectivity index (χ2v) is 8.58. The Morgan fingerprint density at radius 1 is 1.26 bits per heavy atom. The van der Waals surface area contributed by atoms with Gasteiger partial charge in [-0.05, 0) is 43.3 Å². The highest BCUT2D eigenvalue weighted by Gasteiger charge is 2.52. The Bertz CT molecular complexity index is 856. The lowest BCUT2D eigenvalue weighted by Crippen LogP contribution is -2.59. The molecule has 5 rings (SSSR count). The second kappa shape index (κ2) is 6.67. The predicted molar refractivity (Wildman–Crippen MR) is 108 cm³/mol. The van der Waals surface area contributed by atoms with Crippen molar-refractivity contribution in [2.45, 2.75) is 44.4 Å². The van der Waals surface area contributed by atoms with E-state index in [4.69, 9.17) is 14.3 Å². The summed E-state index contributed by atoms with van der Waals surface area (Å²) < 4.78 is 13.4. The predicted octanol–water partition coefficient (Wildman–Crippen LogP) is 4.79. The van der Waals surface area contributed by atoms with Crippen LogP contribution in [0, 0.1) is 0 Å². The zero-order valence-electron chi connectivity index (χ0n) is 15.5. The monoisotopic (exact) mass is 429 g/mol. The fraction of sp³-hybridized carbons (Fsp3) is 0.476. The van der Waals surface area contributed by atoms with E-state index in [0.29, 0.717) is 0 Å². The number of ether oxygens (including phenoxy) is 1. The maximum Gasteiger partial charge on any atom is 0.200 e. The summed E-state index contributed by atoms with van der Waals surface area (Å²) >= 11 is 3.62. The maximum absolute atomic E-state index is 6.66. The van der Waals surface area contributed by atoms with Crippen molar-refractivity contribution in [2.75, 3.05) is 19.6 Å². The molecular formula is C21H24BrN3O2. The molecule has 3 aliphatic rings. The third-order valence-electron chi connectivity index (χ3n) is 5.94. The van der Waals surface area contributed by atoms with E-state index in [0.717, 1.165) is 60.6 Å². The SMILES string of the molecule is CCCN1CCC2(CC1)Oc1ccc(Br)cc1C1CC(c3ccco3)=NN12. The molecule has 6 heteroatoms. The number of nitrogens with zero attached hydrogens (tertiary/aromatic N) is 3. The number of rotatable bonds is 3. The van der Waals surface area contributed by atoms with Gasteiger partial charge in [-0.25, -0.2) is 5.01 Å². The molecule has 0 amide bonds. The second-order valence-electron chi connectivity index (χ2n) is 7.66. The number of likely N-dealkylation sites (tertiary alicyclic amines) is 1. The van der Waals surface area contributed by atoms with Crippen LogP contribution in [0.4, 0.5) is 0 Å². The average Bonchev–Trinajstić information content (AvgIpc) is 3.34. The number of benzene rings is 1. The number of hydrogen-bond donors (Lipinski definition) is 0. The molecule has 1 aromatic carbocycles. The molecule has 5 nitrogen and oxygen atoms in total. The van der Waals surface area contributed by atoms with Crippen molar-refractivity contribution in [3.63, 3.8) is 0 Å². The third-order valence-corrected chi connectivity index (χ3v) is 6.43. The first-order valence-corrected chi connectivity index (χ1v) is 10.6. The van der Waals surface area contributed by atoms with Crippen LogP contribution in [-0.2, 0) is 0 Å². The molecule has 2 aromatic rings. The molecule has 1 saturated heterocycles. The molecule has 0 N–H and O–H groups in total. The van der Waals surface area contributed by atoms with E-state index in [1.165, 1.54) is 12.0 Å². The first-order valence-electron chi connectivity index (χ1n) is 9.80. The summed E-state index contributed by atoms with van der Waals surface area (Å²) in [6.07, 6.45) is 5.69. The maximum atomic E-state index is 6.66. The quantitative estimate of drug-likeness (QED) is 0.703. The lowest BCUT2D eigenvalue weighted by molar-refractivity contribution is -0.149. The van der Waals surface area contributed by atoms with Gasteiger partial charge in [0.2, 0.25) is 5.72 Å². The zero-order valence-corrected chi connectivity index (χ0v) is 17.1. The Morgan fingerprint density at radius 2 is 2.11 bits per heavy atom. The highest BCUT2D eigenvalue weighted by atomic mass is 79.9. The van der Waals surface area contributed by atoms with Gasteiger partial charge in [-0.2, -0.15) is 5.10 Å². The molecule has 1 atom stereocenters. The van der Waals surface area contributed by atoms with Gasteiger partial charge in [0.1, 0.15) is 17.2 Å². The number of hydrazone groups is 1. The minimum Gasteiger partial charge on any atom is -0.466 e. The summed E-state index contributed by atoms with van der Waals surface area (Å²) in [5.74, 6) is 1.86. The summed E-state index contributed by atoms with van der Waals surface area (Å²) in [6, 6.07) is 10.5. The van der Waals surface area contributed by atoms with E-state index in [1.54, 1.807) is 6.26 Å². The molecule has 27 heavy (non-hydrogen) atoms. The van der Waals surface area contributed by atoms with Crippen molar-refractivity contribution in [3.8, 4) is 5.75 Å². The smallest absolute Gasteiger partial charge is 0.200 e. The topological polar surface area (TPSA) is 41.2 Å². The Labute approximate surface area is 168 Å². The van der Waals surface area contributed by atoms with Crippen LogP contribution in [-0.4, -0.2) is 41.0 Å². The molecule has 142 valence electrons. The van der Waals surface area contributed by atoms with E-state index in [1.807, 2.05) is 12.1 Å². The van der Waals surface area contributed by atoms with Crippen molar-refractivity contribution in [1.29, 1.82) is 0 Å². The van der Waals surface area contributed by atoms with Gasteiger partial charge in [0.05, 0.1) is 12.3 Å². The molecule has 0 aliphatic carbocycles. The number of furan rings is 1. The van der Waals surface area contributed by atoms with Crippen LogP contribution in [0.3, 0.4) is 0 Å². The third kappa shape index (κ3) is 2.90. The molecule has 0 saturated carbocycles. The number of fused-ring (bicyclic) bond motifs is 4. The van der Waals surface area contributed by atoms with Gasteiger partial charge in [0.15, 0.2) is 0 Å². The van der Waals surface area contributed by atoms with Crippen LogP contribution in [0.5, 0.6) is 5.75 Å². The minimum absolute atomic E-state index is 0.198.